The minimum Gasteiger partial charge on any atom is -0.340 e. The third-order valence-electron chi connectivity index (χ3n) is 2.21. The molecule has 0 aliphatic heterocycles. The second-order valence-electron chi connectivity index (χ2n) is 4.82. The molecular formula is C12H22N2O. The highest BCUT2D eigenvalue weighted by atomic mass is 16.2. The van der Waals surface area contributed by atoms with Crippen molar-refractivity contribution in [2.24, 2.45) is 17.6 Å². The summed E-state index contributed by atoms with van der Waals surface area (Å²) in [6.07, 6.45) is 6.10. The molecule has 0 heterocycles. The fourth-order valence-electron chi connectivity index (χ4n) is 1.33. The van der Waals surface area contributed by atoms with Crippen molar-refractivity contribution in [3.05, 3.63) is 0 Å². The number of hydrogen-bond donors (Lipinski definition) is 2. The fraction of sp³-hybridized carbons (Fsp3) is 0.750. The zero-order chi connectivity index (χ0) is 12.1. The summed E-state index contributed by atoms with van der Waals surface area (Å²) in [4.78, 5) is 11.8. The van der Waals surface area contributed by atoms with Crippen LogP contribution < -0.4 is 11.1 Å². The molecule has 86 valence electrons. The summed E-state index contributed by atoms with van der Waals surface area (Å²) >= 11 is 0. The minimum absolute atomic E-state index is 0.0471. The topological polar surface area (TPSA) is 55.1 Å². The highest BCUT2D eigenvalue weighted by molar-refractivity contribution is 5.80. The molecule has 0 aromatic rings. The van der Waals surface area contributed by atoms with Gasteiger partial charge in [-0.2, -0.15) is 0 Å². The first-order chi connectivity index (χ1) is 6.82. The maximum absolute atomic E-state index is 11.8. The van der Waals surface area contributed by atoms with Crippen LogP contribution in [0.15, 0.2) is 0 Å². The zero-order valence-corrected chi connectivity index (χ0v) is 10.1. The maximum atomic E-state index is 11.8. The summed E-state index contributed by atoms with van der Waals surface area (Å²) < 4.78 is 0. The molecule has 0 fully saturated rings. The second kappa shape index (κ2) is 5.77. The van der Waals surface area contributed by atoms with Crippen molar-refractivity contribution in [3.8, 4) is 12.3 Å². The van der Waals surface area contributed by atoms with Crippen molar-refractivity contribution in [2.75, 3.05) is 6.54 Å². The van der Waals surface area contributed by atoms with E-state index in [-0.39, 0.29) is 11.8 Å². The van der Waals surface area contributed by atoms with E-state index in [1.54, 1.807) is 13.8 Å². The Labute approximate surface area is 92.8 Å². The molecule has 0 rings (SSSR count). The molecule has 0 bridgehead atoms. The Balaban J connectivity index is 4.36. The van der Waals surface area contributed by atoms with Crippen LogP contribution in [0.25, 0.3) is 0 Å². The van der Waals surface area contributed by atoms with Crippen molar-refractivity contribution < 1.29 is 4.79 Å². The number of amides is 1. The van der Waals surface area contributed by atoms with Crippen molar-refractivity contribution in [1.29, 1.82) is 0 Å². The van der Waals surface area contributed by atoms with Crippen LogP contribution in [0, 0.1) is 24.2 Å². The molecule has 0 radical (unpaired) electrons. The molecule has 3 nitrogen and oxygen atoms in total. The SMILES string of the molecule is C#CC(C)(C)NC(=O)C(CN)CC(C)C. The van der Waals surface area contributed by atoms with Crippen LogP contribution in [-0.4, -0.2) is 18.0 Å². The van der Waals surface area contributed by atoms with Gasteiger partial charge in [0.1, 0.15) is 0 Å². The molecule has 1 atom stereocenters. The highest BCUT2D eigenvalue weighted by Gasteiger charge is 2.23. The summed E-state index contributed by atoms with van der Waals surface area (Å²) in [5.41, 5.74) is 4.97. The Morgan fingerprint density at radius 3 is 2.40 bits per heavy atom. The maximum Gasteiger partial charge on any atom is 0.225 e. The number of nitrogens with one attached hydrogen (secondary N) is 1. The van der Waals surface area contributed by atoms with Crippen molar-refractivity contribution in [3.63, 3.8) is 0 Å². The Bertz CT molecular complexity index is 251. The molecule has 1 unspecified atom stereocenters. The molecule has 0 aromatic heterocycles. The van der Waals surface area contributed by atoms with Gasteiger partial charge in [-0.3, -0.25) is 4.79 Å². The third kappa shape index (κ3) is 5.44. The molecule has 3 heteroatoms. The van der Waals surface area contributed by atoms with Crippen LogP contribution in [0.2, 0.25) is 0 Å². The molecule has 0 spiro atoms. The normalized spacial score (nSPS) is 13.4. The van der Waals surface area contributed by atoms with E-state index in [9.17, 15) is 4.79 Å². The van der Waals surface area contributed by atoms with Gasteiger partial charge in [-0.25, -0.2) is 0 Å². The third-order valence-corrected chi connectivity index (χ3v) is 2.21. The van der Waals surface area contributed by atoms with Crippen LogP contribution in [0.1, 0.15) is 34.1 Å². The lowest BCUT2D eigenvalue weighted by atomic mass is 9.95. The van der Waals surface area contributed by atoms with Gasteiger partial charge in [-0.15, -0.1) is 6.42 Å². The Kier molecular flexibility index (Phi) is 5.38. The van der Waals surface area contributed by atoms with Crippen molar-refractivity contribution in [2.45, 2.75) is 39.7 Å². The monoisotopic (exact) mass is 210 g/mol. The summed E-state index contributed by atoms with van der Waals surface area (Å²) in [7, 11) is 0. The summed E-state index contributed by atoms with van der Waals surface area (Å²) in [5.74, 6) is 2.80. The number of terminal acetylenes is 1. The van der Waals surface area contributed by atoms with Crippen LogP contribution in [0.4, 0.5) is 0 Å². The average Bonchev–Trinajstić information content (AvgIpc) is 2.13. The van der Waals surface area contributed by atoms with E-state index in [0.29, 0.717) is 12.5 Å². The van der Waals surface area contributed by atoms with Gasteiger partial charge in [0.25, 0.3) is 0 Å². The quantitative estimate of drug-likeness (QED) is 0.668. The number of rotatable bonds is 5. The number of hydrogen-bond acceptors (Lipinski definition) is 2. The van der Waals surface area contributed by atoms with E-state index in [0.717, 1.165) is 6.42 Å². The first kappa shape index (κ1) is 14.0. The summed E-state index contributed by atoms with van der Waals surface area (Å²) in [6.45, 7) is 8.11. The Morgan fingerprint density at radius 2 is 2.07 bits per heavy atom. The average molecular weight is 210 g/mol. The van der Waals surface area contributed by atoms with Crippen LogP contribution in [0.5, 0.6) is 0 Å². The lowest BCUT2D eigenvalue weighted by Crippen LogP contribution is -2.46. The van der Waals surface area contributed by atoms with Gasteiger partial charge in [0.15, 0.2) is 0 Å². The largest absolute Gasteiger partial charge is 0.340 e. The van der Waals surface area contributed by atoms with Crippen molar-refractivity contribution >= 4 is 5.91 Å². The molecule has 0 saturated heterocycles. The Morgan fingerprint density at radius 1 is 1.53 bits per heavy atom. The van der Waals surface area contributed by atoms with Gasteiger partial charge in [0.2, 0.25) is 5.91 Å². The lowest BCUT2D eigenvalue weighted by molar-refractivity contribution is -0.126. The fourth-order valence-corrected chi connectivity index (χ4v) is 1.33. The molecule has 0 saturated carbocycles. The predicted octanol–water partition coefficient (Wildman–Crippen LogP) is 1.14. The van der Waals surface area contributed by atoms with Gasteiger partial charge in [-0.05, 0) is 26.2 Å². The van der Waals surface area contributed by atoms with E-state index < -0.39 is 5.54 Å². The first-order valence-corrected chi connectivity index (χ1v) is 5.32. The molecule has 15 heavy (non-hydrogen) atoms. The molecule has 3 N–H and O–H groups in total. The molecule has 1 amide bonds. The molecule has 0 aliphatic carbocycles. The van der Waals surface area contributed by atoms with Gasteiger partial charge in [-0.1, -0.05) is 19.8 Å². The first-order valence-electron chi connectivity index (χ1n) is 5.32. The number of nitrogens with two attached hydrogens (primary N) is 1. The Hall–Kier alpha value is -1.01. The van der Waals surface area contributed by atoms with Gasteiger partial charge in [0, 0.05) is 6.54 Å². The van der Waals surface area contributed by atoms with Gasteiger partial charge >= 0.3 is 0 Å². The van der Waals surface area contributed by atoms with Gasteiger partial charge in [0.05, 0.1) is 11.5 Å². The molecule has 0 aliphatic rings. The molecule has 0 aromatic carbocycles. The second-order valence-corrected chi connectivity index (χ2v) is 4.82. The number of carbonyl (C=O) groups is 1. The molecular weight excluding hydrogens is 188 g/mol. The lowest BCUT2D eigenvalue weighted by Gasteiger charge is -2.24. The van der Waals surface area contributed by atoms with Crippen LogP contribution >= 0.6 is 0 Å². The van der Waals surface area contributed by atoms with E-state index in [2.05, 4.69) is 25.1 Å². The van der Waals surface area contributed by atoms with Gasteiger partial charge < -0.3 is 11.1 Å². The summed E-state index contributed by atoms with van der Waals surface area (Å²) in [5, 5.41) is 2.81. The zero-order valence-electron chi connectivity index (χ0n) is 10.1. The highest BCUT2D eigenvalue weighted by Crippen LogP contribution is 2.12. The van der Waals surface area contributed by atoms with E-state index >= 15 is 0 Å². The standard InChI is InChI=1S/C12H22N2O/c1-6-12(4,5)14-11(15)10(8-13)7-9(2)3/h1,9-10H,7-8,13H2,2-5H3,(H,14,15). The predicted molar refractivity (Wildman–Crippen MR) is 63.1 cm³/mol. The summed E-state index contributed by atoms with van der Waals surface area (Å²) in [6, 6.07) is 0. The van der Waals surface area contributed by atoms with Crippen LogP contribution in [-0.2, 0) is 4.79 Å². The van der Waals surface area contributed by atoms with Crippen molar-refractivity contribution in [1.82, 2.24) is 5.32 Å². The van der Waals surface area contributed by atoms with E-state index in [1.807, 2.05) is 0 Å². The van der Waals surface area contributed by atoms with Crippen LogP contribution in [0.3, 0.4) is 0 Å². The minimum atomic E-state index is -0.596. The van der Waals surface area contributed by atoms with E-state index in [1.165, 1.54) is 0 Å². The smallest absolute Gasteiger partial charge is 0.225 e. The number of carbonyl (C=O) groups excluding carboxylic acids is 1. The van der Waals surface area contributed by atoms with E-state index in [4.69, 9.17) is 12.2 Å².